The molecule has 72 valence electrons. The number of rotatable bonds is 4. The molecule has 0 radical (unpaired) electrons. The van der Waals surface area contributed by atoms with Gasteiger partial charge >= 0.3 is 0 Å². The highest BCUT2D eigenvalue weighted by molar-refractivity contribution is 5.76. The number of carbonyl (C=O) groups is 1. The number of nitrogens with zero attached hydrogens (tertiary/aromatic N) is 2. The molecule has 13 heavy (non-hydrogen) atoms. The van der Waals surface area contributed by atoms with Gasteiger partial charge in [-0.15, -0.1) is 0 Å². The minimum absolute atomic E-state index is 0.0589. The molecule has 6 heteroatoms. The van der Waals surface area contributed by atoms with Crippen LogP contribution in [-0.4, -0.2) is 34.8 Å². The first kappa shape index (κ1) is 9.66. The Morgan fingerprint density at radius 2 is 2.46 bits per heavy atom. The van der Waals surface area contributed by atoms with Gasteiger partial charge in [-0.25, -0.2) is 4.98 Å². The van der Waals surface area contributed by atoms with E-state index in [4.69, 9.17) is 0 Å². The van der Waals surface area contributed by atoms with Gasteiger partial charge in [-0.1, -0.05) is 0 Å². The van der Waals surface area contributed by atoms with Crippen molar-refractivity contribution in [1.82, 2.24) is 20.5 Å². The fourth-order valence-corrected chi connectivity index (χ4v) is 0.828. The van der Waals surface area contributed by atoms with Crippen molar-refractivity contribution in [2.24, 2.45) is 0 Å². The van der Waals surface area contributed by atoms with Crippen LogP contribution in [0.4, 0.5) is 0 Å². The van der Waals surface area contributed by atoms with Crippen molar-refractivity contribution in [3.8, 4) is 0 Å². The van der Waals surface area contributed by atoms with Crippen molar-refractivity contribution >= 4 is 5.91 Å². The first-order valence-electron chi connectivity index (χ1n) is 3.86. The molecule has 1 aromatic rings. The zero-order valence-electron chi connectivity index (χ0n) is 7.63. The van der Waals surface area contributed by atoms with Gasteiger partial charge in [0.2, 0.25) is 5.91 Å². The molecule has 1 rings (SSSR count). The Balaban J connectivity index is 2.30. The molecule has 0 saturated carbocycles. The van der Waals surface area contributed by atoms with Gasteiger partial charge in [-0.3, -0.25) is 9.89 Å². The number of aromatic nitrogens is 3. The highest BCUT2D eigenvalue weighted by atomic mass is 16.5. The van der Waals surface area contributed by atoms with Crippen LogP contribution in [0.15, 0.2) is 0 Å². The van der Waals surface area contributed by atoms with E-state index in [9.17, 15) is 4.79 Å². The Labute approximate surface area is 75.7 Å². The maximum absolute atomic E-state index is 10.9. The molecule has 0 aliphatic heterocycles. The second-order valence-electron chi connectivity index (χ2n) is 2.55. The Morgan fingerprint density at radius 1 is 1.69 bits per heavy atom. The highest BCUT2D eigenvalue weighted by Crippen LogP contribution is 1.88. The summed E-state index contributed by atoms with van der Waals surface area (Å²) in [5, 5.41) is 9.14. The van der Waals surface area contributed by atoms with Crippen LogP contribution in [0.25, 0.3) is 0 Å². The number of methoxy groups -OCH3 is 1. The van der Waals surface area contributed by atoms with Crippen LogP contribution < -0.4 is 5.32 Å². The van der Waals surface area contributed by atoms with Crippen molar-refractivity contribution in [3.05, 3.63) is 11.6 Å². The van der Waals surface area contributed by atoms with E-state index in [1.165, 1.54) is 7.11 Å². The lowest BCUT2D eigenvalue weighted by atomic mass is 10.5. The summed E-state index contributed by atoms with van der Waals surface area (Å²) in [5.74, 6) is 1.13. The molecule has 6 nitrogen and oxygen atoms in total. The van der Waals surface area contributed by atoms with Crippen LogP contribution in [0.2, 0.25) is 0 Å². The van der Waals surface area contributed by atoms with Gasteiger partial charge in [-0.05, 0) is 6.92 Å². The average molecular weight is 184 g/mol. The smallest absolute Gasteiger partial charge is 0.246 e. The molecule has 2 N–H and O–H groups in total. The van der Waals surface area contributed by atoms with Gasteiger partial charge in [-0.2, -0.15) is 5.10 Å². The minimum atomic E-state index is -0.176. The van der Waals surface area contributed by atoms with Crippen LogP contribution >= 0.6 is 0 Å². The van der Waals surface area contributed by atoms with Crippen molar-refractivity contribution < 1.29 is 9.53 Å². The fraction of sp³-hybridized carbons (Fsp3) is 0.571. The molecule has 0 aromatic carbocycles. The monoisotopic (exact) mass is 184 g/mol. The van der Waals surface area contributed by atoms with Gasteiger partial charge < -0.3 is 10.1 Å². The maximum Gasteiger partial charge on any atom is 0.246 e. The molecule has 1 heterocycles. The van der Waals surface area contributed by atoms with Crippen LogP contribution in [0, 0.1) is 6.92 Å². The minimum Gasteiger partial charge on any atom is -0.375 e. The molecule has 0 aliphatic rings. The predicted molar refractivity (Wildman–Crippen MR) is 44.8 cm³/mol. The van der Waals surface area contributed by atoms with E-state index in [-0.39, 0.29) is 12.5 Å². The predicted octanol–water partition coefficient (Wildman–Crippen LogP) is -0.624. The summed E-state index contributed by atoms with van der Waals surface area (Å²) in [5.41, 5.74) is 0. The largest absolute Gasteiger partial charge is 0.375 e. The molecule has 0 aliphatic carbocycles. The summed E-state index contributed by atoms with van der Waals surface area (Å²) in [7, 11) is 1.47. The van der Waals surface area contributed by atoms with Crippen LogP contribution in [0.5, 0.6) is 0 Å². The lowest BCUT2D eigenvalue weighted by molar-refractivity contribution is -0.124. The summed E-state index contributed by atoms with van der Waals surface area (Å²) >= 11 is 0. The third-order valence-corrected chi connectivity index (χ3v) is 1.36. The lowest BCUT2D eigenvalue weighted by Crippen LogP contribution is -2.27. The summed E-state index contributed by atoms with van der Waals surface area (Å²) in [6, 6.07) is 0. The van der Waals surface area contributed by atoms with E-state index < -0.39 is 0 Å². The summed E-state index contributed by atoms with van der Waals surface area (Å²) < 4.78 is 4.64. The average Bonchev–Trinajstić information content (AvgIpc) is 2.49. The Hall–Kier alpha value is -1.43. The van der Waals surface area contributed by atoms with Gasteiger partial charge in [0.25, 0.3) is 0 Å². The van der Waals surface area contributed by atoms with Crippen molar-refractivity contribution in [3.63, 3.8) is 0 Å². The molecule has 0 atom stereocenters. The van der Waals surface area contributed by atoms with E-state index in [2.05, 4.69) is 25.2 Å². The van der Waals surface area contributed by atoms with Crippen molar-refractivity contribution in [1.29, 1.82) is 0 Å². The molecule has 0 fully saturated rings. The SMILES string of the molecule is COCC(=O)NCc1n[nH]c(C)n1. The molecule has 1 aromatic heterocycles. The van der Waals surface area contributed by atoms with Crippen LogP contribution in [0.3, 0.4) is 0 Å². The second kappa shape index (κ2) is 4.56. The zero-order chi connectivity index (χ0) is 9.68. The number of H-pyrrole nitrogens is 1. The topological polar surface area (TPSA) is 79.9 Å². The number of amides is 1. The molecular formula is C7H12N4O2. The molecule has 0 bridgehead atoms. The molecular weight excluding hydrogens is 172 g/mol. The van der Waals surface area contributed by atoms with E-state index in [1.54, 1.807) is 6.92 Å². The maximum atomic E-state index is 10.9. The quantitative estimate of drug-likeness (QED) is 0.653. The number of hydrogen-bond acceptors (Lipinski definition) is 4. The molecule has 0 unspecified atom stereocenters. The van der Waals surface area contributed by atoms with Crippen molar-refractivity contribution in [2.75, 3.05) is 13.7 Å². The number of carbonyl (C=O) groups excluding carboxylic acids is 1. The number of hydrogen-bond donors (Lipinski definition) is 2. The lowest BCUT2D eigenvalue weighted by Gasteiger charge is -1.99. The summed E-state index contributed by atoms with van der Waals surface area (Å²) in [6.07, 6.45) is 0. The third kappa shape index (κ3) is 3.20. The Kier molecular flexibility index (Phi) is 3.39. The third-order valence-electron chi connectivity index (χ3n) is 1.36. The van der Waals surface area contributed by atoms with E-state index in [0.29, 0.717) is 12.4 Å². The summed E-state index contributed by atoms with van der Waals surface area (Å²) in [6.45, 7) is 2.18. The standard InChI is InChI=1S/C7H12N4O2/c1-5-9-6(11-10-5)3-8-7(12)4-13-2/h3-4H2,1-2H3,(H,8,12)(H,9,10,11). The van der Waals surface area contributed by atoms with E-state index in [1.807, 2.05) is 0 Å². The van der Waals surface area contributed by atoms with Crippen LogP contribution in [0.1, 0.15) is 11.6 Å². The first-order chi connectivity index (χ1) is 6.22. The van der Waals surface area contributed by atoms with E-state index in [0.717, 1.165) is 5.82 Å². The highest BCUT2D eigenvalue weighted by Gasteiger charge is 2.02. The van der Waals surface area contributed by atoms with Gasteiger partial charge in [0.05, 0.1) is 6.54 Å². The Bertz CT molecular complexity index is 284. The van der Waals surface area contributed by atoms with E-state index >= 15 is 0 Å². The number of nitrogens with one attached hydrogen (secondary N) is 2. The molecule has 1 amide bonds. The van der Waals surface area contributed by atoms with Gasteiger partial charge in [0.15, 0.2) is 5.82 Å². The first-order valence-corrected chi connectivity index (χ1v) is 3.86. The second-order valence-corrected chi connectivity index (χ2v) is 2.55. The van der Waals surface area contributed by atoms with Gasteiger partial charge in [0.1, 0.15) is 12.4 Å². The number of aromatic amines is 1. The molecule has 0 spiro atoms. The zero-order valence-corrected chi connectivity index (χ0v) is 7.63. The summed E-state index contributed by atoms with van der Waals surface area (Å²) in [4.78, 5) is 14.9. The number of ether oxygens (including phenoxy) is 1. The number of aryl methyl sites for hydroxylation is 1. The van der Waals surface area contributed by atoms with Crippen LogP contribution in [-0.2, 0) is 16.1 Å². The Morgan fingerprint density at radius 3 is 3.00 bits per heavy atom. The normalized spacial score (nSPS) is 10.0. The van der Waals surface area contributed by atoms with Gasteiger partial charge in [0, 0.05) is 7.11 Å². The fourth-order valence-electron chi connectivity index (χ4n) is 0.828. The van der Waals surface area contributed by atoms with Crippen molar-refractivity contribution in [2.45, 2.75) is 13.5 Å². The molecule has 0 saturated heterocycles.